The van der Waals surface area contributed by atoms with Gasteiger partial charge in [0.1, 0.15) is 5.01 Å². The second-order valence-electron chi connectivity index (χ2n) is 3.92. The van der Waals surface area contributed by atoms with Crippen LogP contribution >= 0.6 is 11.3 Å². The summed E-state index contributed by atoms with van der Waals surface area (Å²) in [5, 5.41) is 5.91. The topological polar surface area (TPSA) is 34.1 Å². The third-order valence-corrected chi connectivity index (χ3v) is 3.38. The van der Waals surface area contributed by atoms with E-state index >= 15 is 0 Å². The predicted octanol–water partition coefficient (Wildman–Crippen LogP) is 2.82. The maximum Gasteiger partial charge on any atom is 0.159 e. The molecule has 0 aliphatic rings. The van der Waals surface area contributed by atoms with Crippen LogP contribution in [0.3, 0.4) is 0 Å². The van der Waals surface area contributed by atoms with Gasteiger partial charge in [0.15, 0.2) is 11.6 Å². The Morgan fingerprint density at radius 1 is 1.32 bits per heavy atom. The third-order valence-electron chi connectivity index (χ3n) is 2.53. The largest absolute Gasteiger partial charge is 0.383 e. The van der Waals surface area contributed by atoms with Crippen LogP contribution in [0, 0.1) is 11.6 Å². The van der Waals surface area contributed by atoms with E-state index in [1.807, 2.05) is 5.38 Å². The number of benzene rings is 1. The minimum Gasteiger partial charge on any atom is -0.383 e. The second-order valence-corrected chi connectivity index (χ2v) is 4.87. The lowest BCUT2D eigenvalue weighted by atomic mass is 10.2. The lowest BCUT2D eigenvalue weighted by Gasteiger charge is -2.00. The summed E-state index contributed by atoms with van der Waals surface area (Å²) in [6, 6.07) is 3.79. The van der Waals surface area contributed by atoms with Crippen molar-refractivity contribution in [1.82, 2.24) is 10.3 Å². The molecule has 6 heteroatoms. The molecule has 0 unspecified atom stereocenters. The number of nitrogens with zero attached hydrogens (tertiary/aromatic N) is 1. The van der Waals surface area contributed by atoms with Crippen molar-refractivity contribution in [2.24, 2.45) is 0 Å². The van der Waals surface area contributed by atoms with E-state index in [0.29, 0.717) is 24.4 Å². The van der Waals surface area contributed by atoms with Gasteiger partial charge in [-0.15, -0.1) is 11.3 Å². The Hall–Kier alpha value is -1.37. The number of nitrogens with one attached hydrogen (secondary N) is 1. The first-order chi connectivity index (χ1) is 9.20. The SMILES string of the molecule is COCCNCc1nc(-c2ccc(F)c(F)c2)cs1. The number of aromatic nitrogens is 1. The van der Waals surface area contributed by atoms with Gasteiger partial charge in [0.2, 0.25) is 0 Å². The summed E-state index contributed by atoms with van der Waals surface area (Å²) in [6.45, 7) is 2.02. The average Bonchev–Trinajstić information content (AvgIpc) is 2.87. The van der Waals surface area contributed by atoms with E-state index < -0.39 is 11.6 Å². The van der Waals surface area contributed by atoms with Crippen molar-refractivity contribution in [2.75, 3.05) is 20.3 Å². The number of hydrogen-bond donors (Lipinski definition) is 1. The van der Waals surface area contributed by atoms with Crippen LogP contribution < -0.4 is 5.32 Å². The van der Waals surface area contributed by atoms with Crippen LogP contribution in [0.2, 0.25) is 0 Å². The molecule has 0 saturated heterocycles. The summed E-state index contributed by atoms with van der Waals surface area (Å²) in [4.78, 5) is 4.38. The van der Waals surface area contributed by atoms with E-state index in [0.717, 1.165) is 23.7 Å². The molecule has 0 aliphatic heterocycles. The van der Waals surface area contributed by atoms with Gasteiger partial charge in [-0.2, -0.15) is 0 Å². The number of methoxy groups -OCH3 is 1. The summed E-state index contributed by atoms with van der Waals surface area (Å²) < 4.78 is 30.9. The molecule has 1 heterocycles. The number of halogens is 2. The van der Waals surface area contributed by atoms with Crippen molar-refractivity contribution >= 4 is 11.3 Å². The minimum absolute atomic E-state index is 0.582. The zero-order valence-electron chi connectivity index (χ0n) is 10.5. The van der Waals surface area contributed by atoms with E-state index in [1.165, 1.54) is 17.4 Å². The van der Waals surface area contributed by atoms with Crippen molar-refractivity contribution in [2.45, 2.75) is 6.54 Å². The molecule has 0 spiro atoms. The molecule has 0 atom stereocenters. The van der Waals surface area contributed by atoms with Gasteiger partial charge in [0.05, 0.1) is 12.3 Å². The van der Waals surface area contributed by atoms with E-state index in [9.17, 15) is 8.78 Å². The Kier molecular flexibility index (Phi) is 4.95. The standard InChI is InChI=1S/C13H14F2N2OS/c1-18-5-4-16-7-13-17-12(8-19-13)9-2-3-10(14)11(15)6-9/h2-3,6,8,16H,4-5,7H2,1H3. The molecule has 0 amide bonds. The molecule has 1 aromatic heterocycles. The fraction of sp³-hybridized carbons (Fsp3) is 0.308. The first kappa shape index (κ1) is 14.0. The van der Waals surface area contributed by atoms with Crippen LogP contribution in [0.4, 0.5) is 8.78 Å². The highest BCUT2D eigenvalue weighted by atomic mass is 32.1. The number of rotatable bonds is 6. The number of hydrogen-bond acceptors (Lipinski definition) is 4. The molecule has 0 aliphatic carbocycles. The first-order valence-electron chi connectivity index (χ1n) is 5.80. The van der Waals surface area contributed by atoms with Gasteiger partial charge in [-0.3, -0.25) is 0 Å². The zero-order chi connectivity index (χ0) is 13.7. The van der Waals surface area contributed by atoms with Crippen molar-refractivity contribution < 1.29 is 13.5 Å². The maximum absolute atomic E-state index is 13.1. The normalized spacial score (nSPS) is 10.9. The molecule has 0 fully saturated rings. The molecule has 102 valence electrons. The fourth-order valence-corrected chi connectivity index (χ4v) is 2.32. The van der Waals surface area contributed by atoms with Gasteiger partial charge < -0.3 is 10.1 Å². The quantitative estimate of drug-likeness (QED) is 0.828. The lowest BCUT2D eigenvalue weighted by molar-refractivity contribution is 0.199. The highest BCUT2D eigenvalue weighted by Gasteiger charge is 2.08. The Bertz CT molecular complexity index is 545. The first-order valence-corrected chi connectivity index (χ1v) is 6.68. The molecular weight excluding hydrogens is 270 g/mol. The van der Waals surface area contributed by atoms with Gasteiger partial charge in [-0.1, -0.05) is 0 Å². The molecule has 2 aromatic rings. The van der Waals surface area contributed by atoms with Gasteiger partial charge in [-0.25, -0.2) is 13.8 Å². The minimum atomic E-state index is -0.856. The monoisotopic (exact) mass is 284 g/mol. The summed E-state index contributed by atoms with van der Waals surface area (Å²) in [5.74, 6) is -1.70. The molecule has 0 radical (unpaired) electrons. The van der Waals surface area contributed by atoms with E-state index in [4.69, 9.17) is 4.74 Å². The zero-order valence-corrected chi connectivity index (χ0v) is 11.3. The van der Waals surface area contributed by atoms with E-state index in [1.54, 1.807) is 7.11 Å². The van der Waals surface area contributed by atoms with Crippen LogP contribution in [0.25, 0.3) is 11.3 Å². The van der Waals surface area contributed by atoms with Crippen molar-refractivity contribution in [1.29, 1.82) is 0 Å². The summed E-state index contributed by atoms with van der Waals surface area (Å²) in [7, 11) is 1.65. The van der Waals surface area contributed by atoms with Crippen LogP contribution in [0.1, 0.15) is 5.01 Å². The molecule has 0 bridgehead atoms. The van der Waals surface area contributed by atoms with E-state index in [2.05, 4.69) is 10.3 Å². The van der Waals surface area contributed by atoms with Crippen LogP contribution in [0.15, 0.2) is 23.6 Å². The van der Waals surface area contributed by atoms with E-state index in [-0.39, 0.29) is 0 Å². The molecule has 19 heavy (non-hydrogen) atoms. The van der Waals surface area contributed by atoms with Crippen LogP contribution in [-0.2, 0) is 11.3 Å². The predicted molar refractivity (Wildman–Crippen MR) is 71.0 cm³/mol. The molecular formula is C13H14F2N2OS. The summed E-state index contributed by atoms with van der Waals surface area (Å²) >= 11 is 1.48. The Labute approximate surface area is 114 Å². The number of thiazole rings is 1. The van der Waals surface area contributed by atoms with Gasteiger partial charge in [-0.05, 0) is 18.2 Å². The van der Waals surface area contributed by atoms with Crippen LogP contribution in [-0.4, -0.2) is 25.2 Å². The van der Waals surface area contributed by atoms with Crippen molar-refractivity contribution in [3.8, 4) is 11.3 Å². The van der Waals surface area contributed by atoms with Gasteiger partial charge in [0.25, 0.3) is 0 Å². The van der Waals surface area contributed by atoms with Gasteiger partial charge in [0, 0.05) is 31.1 Å². The highest BCUT2D eigenvalue weighted by Crippen LogP contribution is 2.23. The molecule has 1 N–H and O–H groups in total. The summed E-state index contributed by atoms with van der Waals surface area (Å²) in [6.07, 6.45) is 0. The van der Waals surface area contributed by atoms with Crippen molar-refractivity contribution in [3.05, 3.63) is 40.2 Å². The Morgan fingerprint density at radius 3 is 2.89 bits per heavy atom. The Balaban J connectivity index is 2.01. The highest BCUT2D eigenvalue weighted by molar-refractivity contribution is 7.09. The molecule has 3 nitrogen and oxygen atoms in total. The average molecular weight is 284 g/mol. The smallest absolute Gasteiger partial charge is 0.159 e. The Morgan fingerprint density at radius 2 is 2.16 bits per heavy atom. The van der Waals surface area contributed by atoms with Crippen molar-refractivity contribution in [3.63, 3.8) is 0 Å². The lowest BCUT2D eigenvalue weighted by Crippen LogP contribution is -2.18. The molecule has 0 saturated carbocycles. The summed E-state index contributed by atoms with van der Waals surface area (Å²) in [5.41, 5.74) is 1.24. The number of ether oxygens (including phenoxy) is 1. The maximum atomic E-state index is 13.1. The molecule has 2 rings (SSSR count). The van der Waals surface area contributed by atoms with Gasteiger partial charge >= 0.3 is 0 Å². The fourth-order valence-electron chi connectivity index (χ4n) is 1.55. The third kappa shape index (κ3) is 3.79. The molecule has 1 aromatic carbocycles. The second kappa shape index (κ2) is 6.70. The van der Waals surface area contributed by atoms with Crippen LogP contribution in [0.5, 0.6) is 0 Å².